The Hall–Kier alpha value is -1.60. The molecule has 25 heavy (non-hydrogen) atoms. The van der Waals surface area contributed by atoms with Gasteiger partial charge in [0, 0.05) is 31.8 Å². The van der Waals surface area contributed by atoms with Crippen molar-refractivity contribution in [3.05, 3.63) is 24.3 Å². The number of nitrogens with zero attached hydrogens (tertiary/aromatic N) is 1. The van der Waals surface area contributed by atoms with Crippen LogP contribution in [-0.2, 0) is 14.6 Å². The molecule has 2 N–H and O–H groups in total. The fraction of sp³-hybridized carbons (Fsp3) is 0.611. The first-order valence-electron chi connectivity index (χ1n) is 8.73. The number of nitrogens with two attached hydrogens (primary N) is 1. The predicted molar refractivity (Wildman–Crippen MR) is 97.2 cm³/mol. The lowest BCUT2D eigenvalue weighted by atomic mass is 9.92. The predicted octanol–water partition coefficient (Wildman–Crippen LogP) is 1.83. The summed E-state index contributed by atoms with van der Waals surface area (Å²) in [5.74, 6) is 1.15. The molecule has 140 valence electrons. The van der Waals surface area contributed by atoms with E-state index in [9.17, 15) is 13.2 Å². The summed E-state index contributed by atoms with van der Waals surface area (Å²) in [5.41, 5.74) is 5.96. The van der Waals surface area contributed by atoms with E-state index in [2.05, 4.69) is 0 Å². The van der Waals surface area contributed by atoms with Crippen LogP contribution in [-0.4, -0.2) is 51.2 Å². The van der Waals surface area contributed by atoms with Crippen molar-refractivity contribution < 1.29 is 17.9 Å². The molecule has 1 aromatic rings. The standard InChI is InChI=1S/C18H28N2O4S/c1-14(19)15-5-3-11-20(13-15)18(21)6-4-12-24-16-7-9-17(10-8-16)25(2,22)23/h7-10,14-15H,3-6,11-13,19H2,1-2H3. The molecule has 1 aromatic carbocycles. The number of ether oxygens (including phenoxy) is 1. The zero-order valence-electron chi connectivity index (χ0n) is 15.0. The second kappa shape index (κ2) is 8.67. The lowest BCUT2D eigenvalue weighted by Crippen LogP contribution is -2.45. The lowest BCUT2D eigenvalue weighted by molar-refractivity contribution is -0.133. The molecule has 1 aliphatic rings. The van der Waals surface area contributed by atoms with Crippen LogP contribution in [0.2, 0.25) is 0 Å². The summed E-state index contributed by atoms with van der Waals surface area (Å²) in [6, 6.07) is 6.44. The van der Waals surface area contributed by atoms with Crippen LogP contribution in [0.15, 0.2) is 29.2 Å². The number of piperidine rings is 1. The van der Waals surface area contributed by atoms with Crippen LogP contribution < -0.4 is 10.5 Å². The number of sulfone groups is 1. The number of benzene rings is 1. The fourth-order valence-corrected chi connectivity index (χ4v) is 3.65. The average molecular weight is 368 g/mol. The molecule has 1 heterocycles. The van der Waals surface area contributed by atoms with Gasteiger partial charge in [0.05, 0.1) is 11.5 Å². The third kappa shape index (κ3) is 6.01. The number of carbonyl (C=O) groups excluding carboxylic acids is 1. The monoisotopic (exact) mass is 368 g/mol. The van der Waals surface area contributed by atoms with E-state index in [1.807, 2.05) is 11.8 Å². The van der Waals surface area contributed by atoms with Crippen molar-refractivity contribution in [1.82, 2.24) is 4.90 Å². The van der Waals surface area contributed by atoms with Crippen molar-refractivity contribution in [2.45, 2.75) is 43.5 Å². The molecule has 6 nitrogen and oxygen atoms in total. The molecule has 1 amide bonds. The smallest absolute Gasteiger partial charge is 0.222 e. The Morgan fingerprint density at radius 3 is 2.64 bits per heavy atom. The first-order valence-corrected chi connectivity index (χ1v) is 10.6. The van der Waals surface area contributed by atoms with Gasteiger partial charge in [-0.25, -0.2) is 8.42 Å². The Bertz CT molecular complexity index is 671. The molecule has 1 saturated heterocycles. The topological polar surface area (TPSA) is 89.7 Å². The highest BCUT2D eigenvalue weighted by Crippen LogP contribution is 2.20. The van der Waals surface area contributed by atoms with Gasteiger partial charge >= 0.3 is 0 Å². The highest BCUT2D eigenvalue weighted by Gasteiger charge is 2.25. The van der Waals surface area contributed by atoms with E-state index in [1.165, 1.54) is 18.4 Å². The van der Waals surface area contributed by atoms with Gasteiger partial charge in [-0.05, 0) is 56.4 Å². The Morgan fingerprint density at radius 1 is 1.36 bits per heavy atom. The van der Waals surface area contributed by atoms with E-state index in [0.29, 0.717) is 31.1 Å². The Morgan fingerprint density at radius 2 is 2.04 bits per heavy atom. The van der Waals surface area contributed by atoms with Crippen molar-refractivity contribution in [1.29, 1.82) is 0 Å². The third-order valence-corrected chi connectivity index (χ3v) is 5.74. The quantitative estimate of drug-likeness (QED) is 0.742. The van der Waals surface area contributed by atoms with Crippen LogP contribution in [0, 0.1) is 5.92 Å². The summed E-state index contributed by atoms with van der Waals surface area (Å²) in [4.78, 5) is 14.5. The number of carbonyl (C=O) groups is 1. The van der Waals surface area contributed by atoms with E-state index in [4.69, 9.17) is 10.5 Å². The molecule has 2 unspecified atom stereocenters. The molecule has 2 atom stereocenters. The van der Waals surface area contributed by atoms with Crippen molar-refractivity contribution in [2.75, 3.05) is 26.0 Å². The molecule has 0 radical (unpaired) electrons. The molecule has 1 fully saturated rings. The summed E-state index contributed by atoms with van der Waals surface area (Å²) < 4.78 is 28.4. The third-order valence-electron chi connectivity index (χ3n) is 4.61. The van der Waals surface area contributed by atoms with Crippen LogP contribution in [0.3, 0.4) is 0 Å². The zero-order valence-corrected chi connectivity index (χ0v) is 15.8. The van der Waals surface area contributed by atoms with Gasteiger partial charge in [-0.1, -0.05) is 0 Å². The van der Waals surface area contributed by atoms with Crippen LogP contribution in [0.4, 0.5) is 0 Å². The highest BCUT2D eigenvalue weighted by atomic mass is 32.2. The minimum absolute atomic E-state index is 0.119. The summed E-state index contributed by atoms with van der Waals surface area (Å²) in [6.45, 7) is 4.00. The van der Waals surface area contributed by atoms with Crippen LogP contribution in [0.1, 0.15) is 32.6 Å². The molecule has 2 rings (SSSR count). The summed E-state index contributed by atoms with van der Waals surface area (Å²) in [5, 5.41) is 0. The molecular formula is C18H28N2O4S. The number of hydrogen-bond donors (Lipinski definition) is 1. The first kappa shape index (κ1) is 19.7. The summed E-state index contributed by atoms with van der Waals surface area (Å²) >= 11 is 0. The SMILES string of the molecule is CC(N)C1CCCN(C(=O)CCCOc2ccc(S(C)(=O)=O)cc2)C1. The van der Waals surface area contributed by atoms with E-state index in [-0.39, 0.29) is 16.8 Å². The molecular weight excluding hydrogens is 340 g/mol. The van der Waals surface area contributed by atoms with Gasteiger partial charge in [0.15, 0.2) is 9.84 Å². The molecule has 0 bridgehead atoms. The Kier molecular flexibility index (Phi) is 6.84. The van der Waals surface area contributed by atoms with Crippen molar-refractivity contribution in [2.24, 2.45) is 11.7 Å². The number of rotatable bonds is 7. The number of likely N-dealkylation sites (tertiary alicyclic amines) is 1. The highest BCUT2D eigenvalue weighted by molar-refractivity contribution is 7.90. The number of amides is 1. The van der Waals surface area contributed by atoms with Gasteiger partial charge in [-0.3, -0.25) is 4.79 Å². The molecule has 0 aromatic heterocycles. The summed E-state index contributed by atoms with van der Waals surface area (Å²) in [7, 11) is -3.19. The van der Waals surface area contributed by atoms with E-state index < -0.39 is 9.84 Å². The van der Waals surface area contributed by atoms with Gasteiger partial charge in [-0.2, -0.15) is 0 Å². The second-order valence-electron chi connectivity index (χ2n) is 6.80. The van der Waals surface area contributed by atoms with Gasteiger partial charge in [0.25, 0.3) is 0 Å². The Labute approximate surface area is 150 Å². The normalized spacial score (nSPS) is 19.5. The van der Waals surface area contributed by atoms with Gasteiger partial charge in [0.1, 0.15) is 5.75 Å². The molecule has 0 saturated carbocycles. The summed E-state index contributed by atoms with van der Waals surface area (Å²) in [6.07, 6.45) is 4.36. The van der Waals surface area contributed by atoms with Crippen molar-refractivity contribution >= 4 is 15.7 Å². The molecule has 0 spiro atoms. The number of hydrogen-bond acceptors (Lipinski definition) is 5. The molecule has 0 aliphatic carbocycles. The zero-order chi connectivity index (χ0) is 18.4. The Balaban J connectivity index is 1.73. The van der Waals surface area contributed by atoms with E-state index in [0.717, 1.165) is 25.9 Å². The average Bonchev–Trinajstić information content (AvgIpc) is 2.58. The van der Waals surface area contributed by atoms with Gasteiger partial charge in [0.2, 0.25) is 5.91 Å². The maximum absolute atomic E-state index is 12.3. The minimum Gasteiger partial charge on any atom is -0.494 e. The maximum Gasteiger partial charge on any atom is 0.222 e. The van der Waals surface area contributed by atoms with E-state index >= 15 is 0 Å². The van der Waals surface area contributed by atoms with E-state index in [1.54, 1.807) is 12.1 Å². The minimum atomic E-state index is -3.19. The largest absolute Gasteiger partial charge is 0.494 e. The first-order chi connectivity index (χ1) is 11.8. The van der Waals surface area contributed by atoms with Crippen LogP contribution >= 0.6 is 0 Å². The van der Waals surface area contributed by atoms with Crippen molar-refractivity contribution in [3.8, 4) is 5.75 Å². The van der Waals surface area contributed by atoms with Crippen molar-refractivity contribution in [3.63, 3.8) is 0 Å². The second-order valence-corrected chi connectivity index (χ2v) is 8.81. The van der Waals surface area contributed by atoms with Crippen LogP contribution in [0.25, 0.3) is 0 Å². The van der Waals surface area contributed by atoms with Gasteiger partial charge < -0.3 is 15.4 Å². The maximum atomic E-state index is 12.3. The lowest BCUT2D eigenvalue weighted by Gasteiger charge is -2.34. The van der Waals surface area contributed by atoms with Gasteiger partial charge in [-0.15, -0.1) is 0 Å². The fourth-order valence-electron chi connectivity index (χ4n) is 3.02. The molecule has 7 heteroatoms. The molecule has 1 aliphatic heterocycles. The van der Waals surface area contributed by atoms with Crippen LogP contribution in [0.5, 0.6) is 5.75 Å².